The van der Waals surface area contributed by atoms with Crippen LogP contribution in [-0.4, -0.2) is 36.8 Å². The van der Waals surface area contributed by atoms with Crippen LogP contribution in [0.25, 0.3) is 0 Å². The highest BCUT2D eigenvalue weighted by Gasteiger charge is 2.53. The second-order valence-electron chi connectivity index (χ2n) is 5.80. The summed E-state index contributed by atoms with van der Waals surface area (Å²) in [5.41, 5.74) is -2.89. The molecule has 0 aliphatic carbocycles. The molecule has 0 bridgehead atoms. The zero-order chi connectivity index (χ0) is 18.4. The summed E-state index contributed by atoms with van der Waals surface area (Å²) in [5, 5.41) is 4.04. The highest BCUT2D eigenvalue weighted by molar-refractivity contribution is 7.10. The number of alkyl carbamates (subject to hydrolysis) is 1. The number of hydrogen-bond donors (Lipinski definition) is 1. The Morgan fingerprint density at radius 1 is 1.08 bits per heavy atom. The maximum Gasteiger partial charge on any atom is 0.409 e. The van der Waals surface area contributed by atoms with E-state index in [2.05, 4.69) is 5.32 Å². The summed E-state index contributed by atoms with van der Waals surface area (Å²) in [7, 11) is 0. The predicted molar refractivity (Wildman–Crippen MR) is 88.6 cm³/mol. The normalized spacial score (nSPS) is 11.5. The van der Waals surface area contributed by atoms with Crippen LogP contribution in [0.4, 0.5) is 4.79 Å². The van der Waals surface area contributed by atoms with Crippen molar-refractivity contribution in [3.63, 3.8) is 0 Å². The molecule has 1 aromatic rings. The second-order valence-corrected chi connectivity index (χ2v) is 6.74. The van der Waals surface area contributed by atoms with Gasteiger partial charge in [-0.1, -0.05) is 6.07 Å². The Balaban J connectivity index is 3.33. The first-order valence-electron chi connectivity index (χ1n) is 7.57. The van der Waals surface area contributed by atoms with Gasteiger partial charge in [-0.15, -0.1) is 11.3 Å². The van der Waals surface area contributed by atoms with Crippen LogP contribution in [0.5, 0.6) is 0 Å². The highest BCUT2D eigenvalue weighted by Crippen LogP contribution is 2.30. The van der Waals surface area contributed by atoms with Gasteiger partial charge in [-0.25, -0.2) is 14.4 Å². The molecule has 0 spiro atoms. The summed E-state index contributed by atoms with van der Waals surface area (Å²) in [6.45, 7) is 8.32. The standard InChI is InChI=1S/C16H23NO6S/c1-6-21-12(18)16(13(19)22-7-2,11-9-8-10-24-11)17-14(20)23-15(3,4)5/h8-10H,6-7H2,1-5H3,(H,17,20). The minimum absolute atomic E-state index is 0.0430. The first kappa shape index (κ1) is 20.0. The largest absolute Gasteiger partial charge is 0.464 e. The van der Waals surface area contributed by atoms with Gasteiger partial charge in [-0.3, -0.25) is 5.32 Å². The highest BCUT2D eigenvalue weighted by atomic mass is 32.1. The van der Waals surface area contributed by atoms with Crippen molar-refractivity contribution in [2.75, 3.05) is 13.2 Å². The quantitative estimate of drug-likeness (QED) is 0.478. The summed E-state index contributed by atoms with van der Waals surface area (Å²) in [4.78, 5) is 37.7. The number of ether oxygens (including phenoxy) is 3. The van der Waals surface area contributed by atoms with Crippen LogP contribution in [0.3, 0.4) is 0 Å². The van der Waals surface area contributed by atoms with E-state index in [0.717, 1.165) is 11.3 Å². The molecule has 0 fully saturated rings. The average molecular weight is 357 g/mol. The van der Waals surface area contributed by atoms with Crippen molar-refractivity contribution in [1.82, 2.24) is 5.32 Å². The molecule has 1 aromatic heterocycles. The van der Waals surface area contributed by atoms with Crippen molar-refractivity contribution in [2.24, 2.45) is 0 Å². The molecule has 8 heteroatoms. The lowest BCUT2D eigenvalue weighted by molar-refractivity contribution is -0.166. The number of rotatable bonds is 6. The molecule has 1 rings (SSSR count). The summed E-state index contributed by atoms with van der Waals surface area (Å²) >= 11 is 1.13. The second kappa shape index (κ2) is 8.14. The van der Waals surface area contributed by atoms with E-state index in [9.17, 15) is 14.4 Å². The summed E-state index contributed by atoms with van der Waals surface area (Å²) < 4.78 is 15.2. The molecule has 1 amide bonds. The fourth-order valence-corrected chi connectivity index (χ4v) is 2.73. The molecule has 0 saturated carbocycles. The molecular formula is C16H23NO6S. The van der Waals surface area contributed by atoms with Gasteiger partial charge in [-0.05, 0) is 46.1 Å². The molecule has 0 aliphatic heterocycles. The van der Waals surface area contributed by atoms with Gasteiger partial charge in [0.2, 0.25) is 0 Å². The number of carbonyl (C=O) groups excluding carboxylic acids is 3. The maximum absolute atomic E-state index is 12.6. The molecule has 24 heavy (non-hydrogen) atoms. The Kier molecular flexibility index (Phi) is 6.77. The minimum Gasteiger partial charge on any atom is -0.464 e. The monoisotopic (exact) mass is 357 g/mol. The van der Waals surface area contributed by atoms with E-state index in [1.54, 1.807) is 52.1 Å². The summed E-state index contributed by atoms with van der Waals surface area (Å²) in [6.07, 6.45) is -0.919. The Hall–Kier alpha value is -2.09. The smallest absolute Gasteiger partial charge is 0.409 e. The molecular weight excluding hydrogens is 334 g/mol. The fourth-order valence-electron chi connectivity index (χ4n) is 1.88. The van der Waals surface area contributed by atoms with Gasteiger partial charge in [0.05, 0.1) is 18.1 Å². The number of amides is 1. The van der Waals surface area contributed by atoms with E-state index in [1.165, 1.54) is 0 Å². The molecule has 0 saturated heterocycles. The predicted octanol–water partition coefficient (Wildman–Crippen LogP) is 2.59. The van der Waals surface area contributed by atoms with Crippen LogP contribution < -0.4 is 5.32 Å². The lowest BCUT2D eigenvalue weighted by Crippen LogP contribution is -2.59. The zero-order valence-electron chi connectivity index (χ0n) is 14.5. The van der Waals surface area contributed by atoms with Gasteiger partial charge < -0.3 is 14.2 Å². The lowest BCUT2D eigenvalue weighted by atomic mass is 9.97. The van der Waals surface area contributed by atoms with Crippen LogP contribution >= 0.6 is 11.3 Å². The van der Waals surface area contributed by atoms with E-state index in [1.807, 2.05) is 0 Å². The lowest BCUT2D eigenvalue weighted by Gasteiger charge is -2.30. The van der Waals surface area contributed by atoms with Gasteiger partial charge in [0.25, 0.3) is 5.54 Å². The van der Waals surface area contributed by atoms with E-state index < -0.39 is 29.2 Å². The third-order valence-corrected chi connectivity index (χ3v) is 3.73. The van der Waals surface area contributed by atoms with Crippen molar-refractivity contribution >= 4 is 29.4 Å². The van der Waals surface area contributed by atoms with Gasteiger partial charge in [0.15, 0.2) is 0 Å². The molecule has 1 heterocycles. The number of carbonyl (C=O) groups is 3. The van der Waals surface area contributed by atoms with Gasteiger partial charge in [0, 0.05) is 0 Å². The van der Waals surface area contributed by atoms with Crippen molar-refractivity contribution in [2.45, 2.75) is 45.8 Å². The molecule has 0 atom stereocenters. The zero-order valence-corrected chi connectivity index (χ0v) is 15.3. The maximum atomic E-state index is 12.6. The van der Waals surface area contributed by atoms with Crippen molar-refractivity contribution in [1.29, 1.82) is 0 Å². The topological polar surface area (TPSA) is 90.9 Å². The number of thiophene rings is 1. The van der Waals surface area contributed by atoms with Crippen molar-refractivity contribution in [3.05, 3.63) is 22.4 Å². The van der Waals surface area contributed by atoms with Crippen molar-refractivity contribution in [3.8, 4) is 0 Å². The Morgan fingerprint density at radius 3 is 2.00 bits per heavy atom. The summed E-state index contributed by atoms with van der Waals surface area (Å²) in [5.74, 6) is -1.84. The van der Waals surface area contributed by atoms with E-state index in [0.29, 0.717) is 0 Å². The first-order valence-corrected chi connectivity index (χ1v) is 8.45. The Bertz CT molecular complexity index is 558. The number of hydrogen-bond acceptors (Lipinski definition) is 7. The molecule has 1 N–H and O–H groups in total. The van der Waals surface area contributed by atoms with Crippen LogP contribution in [0.2, 0.25) is 0 Å². The third kappa shape index (κ3) is 4.70. The molecule has 0 aliphatic rings. The van der Waals surface area contributed by atoms with Crippen molar-refractivity contribution < 1.29 is 28.6 Å². The molecule has 134 valence electrons. The minimum atomic E-state index is -2.09. The Morgan fingerprint density at radius 2 is 1.62 bits per heavy atom. The number of esters is 2. The SMILES string of the molecule is CCOC(=O)C(NC(=O)OC(C)(C)C)(C(=O)OCC)c1cccs1. The average Bonchev–Trinajstić information content (AvgIpc) is 2.97. The number of nitrogens with one attached hydrogen (secondary N) is 1. The Labute approximate surface area is 145 Å². The van der Waals surface area contributed by atoms with E-state index in [-0.39, 0.29) is 18.1 Å². The van der Waals surface area contributed by atoms with Crippen LogP contribution in [0, 0.1) is 0 Å². The van der Waals surface area contributed by atoms with Crippen LogP contribution in [0.15, 0.2) is 17.5 Å². The van der Waals surface area contributed by atoms with Gasteiger partial charge >= 0.3 is 18.0 Å². The van der Waals surface area contributed by atoms with E-state index >= 15 is 0 Å². The first-order chi connectivity index (χ1) is 11.2. The van der Waals surface area contributed by atoms with Gasteiger partial charge in [-0.2, -0.15) is 0 Å². The summed E-state index contributed by atoms with van der Waals surface area (Å²) in [6, 6.07) is 3.21. The van der Waals surface area contributed by atoms with Crippen LogP contribution in [-0.2, 0) is 29.3 Å². The molecule has 0 radical (unpaired) electrons. The van der Waals surface area contributed by atoms with Crippen LogP contribution in [0.1, 0.15) is 39.5 Å². The molecule has 0 aromatic carbocycles. The molecule has 7 nitrogen and oxygen atoms in total. The fraction of sp³-hybridized carbons (Fsp3) is 0.562. The van der Waals surface area contributed by atoms with Gasteiger partial charge in [0.1, 0.15) is 5.60 Å². The third-order valence-electron chi connectivity index (χ3n) is 2.74. The van der Waals surface area contributed by atoms with E-state index in [4.69, 9.17) is 14.2 Å². The molecule has 0 unspecified atom stereocenters.